The molecule has 0 fully saturated rings. The molecule has 0 N–H and O–H groups in total. The first-order chi connectivity index (χ1) is 17.4. The van der Waals surface area contributed by atoms with Crippen molar-refractivity contribution in [2.24, 2.45) is 7.05 Å². The molecule has 0 aliphatic rings. The number of fused-ring (bicyclic) bond motifs is 3. The number of aryl methyl sites for hydroxylation is 2. The molecular formula is C26H27N5O4S. The van der Waals surface area contributed by atoms with Crippen LogP contribution in [0.15, 0.2) is 78.2 Å². The molecule has 0 atom stereocenters. The molecule has 0 saturated heterocycles. The van der Waals surface area contributed by atoms with E-state index in [1.165, 1.54) is 18.5 Å². The average molecular weight is 506 g/mol. The summed E-state index contributed by atoms with van der Waals surface area (Å²) in [5, 5.41) is 1.88. The molecule has 2 aromatic carbocycles. The lowest BCUT2D eigenvalue weighted by molar-refractivity contribution is 0.365. The number of benzene rings is 2. The van der Waals surface area contributed by atoms with Crippen LogP contribution in [0.1, 0.15) is 6.42 Å². The molecule has 5 aromatic rings. The van der Waals surface area contributed by atoms with E-state index < -0.39 is 10.0 Å². The maximum absolute atomic E-state index is 14.1. The summed E-state index contributed by atoms with van der Waals surface area (Å²) in [5.41, 5.74) is 2.35. The molecule has 0 amide bonds. The quantitative estimate of drug-likeness (QED) is 0.298. The Bertz CT molecular complexity index is 1630. The van der Waals surface area contributed by atoms with Crippen molar-refractivity contribution in [2.45, 2.75) is 17.9 Å². The summed E-state index contributed by atoms with van der Waals surface area (Å²) in [7, 11) is 0.984. The maximum atomic E-state index is 14.1. The molecule has 0 unspecified atom stereocenters. The highest BCUT2D eigenvalue weighted by molar-refractivity contribution is 7.92. The Labute approximate surface area is 209 Å². The van der Waals surface area contributed by atoms with Crippen molar-refractivity contribution in [3.63, 3.8) is 0 Å². The molecule has 5 rings (SSSR count). The van der Waals surface area contributed by atoms with E-state index in [0.717, 1.165) is 21.8 Å². The number of para-hydroxylation sites is 1. The first-order valence-electron chi connectivity index (χ1n) is 11.5. The summed E-state index contributed by atoms with van der Waals surface area (Å²) in [6.07, 6.45) is 5.82. The Morgan fingerprint density at radius 2 is 1.78 bits per heavy atom. The van der Waals surface area contributed by atoms with E-state index in [1.54, 1.807) is 36.8 Å². The van der Waals surface area contributed by atoms with Gasteiger partial charge in [-0.25, -0.2) is 13.4 Å². The van der Waals surface area contributed by atoms with E-state index in [0.29, 0.717) is 24.5 Å². The largest absolute Gasteiger partial charge is 0.481 e. The SMILES string of the molecule is COc1ccc(N(CCCn2ccnc2)S(=O)(=O)c2ccc3c(c2)c2ccccc2n3C)c(OC)n1. The third-order valence-electron chi connectivity index (χ3n) is 6.30. The van der Waals surface area contributed by atoms with Crippen LogP contribution in [0.5, 0.6) is 11.8 Å². The minimum Gasteiger partial charge on any atom is -0.481 e. The predicted molar refractivity (Wildman–Crippen MR) is 139 cm³/mol. The molecule has 0 saturated carbocycles. The third kappa shape index (κ3) is 4.13. The lowest BCUT2D eigenvalue weighted by Gasteiger charge is -2.26. The van der Waals surface area contributed by atoms with Crippen LogP contribution in [-0.4, -0.2) is 48.3 Å². The Kier molecular flexibility index (Phi) is 6.27. The predicted octanol–water partition coefficient (Wildman–Crippen LogP) is 4.23. The molecule has 0 spiro atoms. The molecule has 3 heterocycles. The Morgan fingerprint density at radius 3 is 2.53 bits per heavy atom. The summed E-state index contributed by atoms with van der Waals surface area (Å²) < 4.78 is 44.3. The van der Waals surface area contributed by atoms with Crippen LogP contribution in [0, 0.1) is 0 Å². The van der Waals surface area contributed by atoms with E-state index >= 15 is 0 Å². The zero-order valence-corrected chi connectivity index (χ0v) is 21.1. The number of methoxy groups -OCH3 is 2. The molecule has 186 valence electrons. The van der Waals surface area contributed by atoms with Gasteiger partial charge in [0, 0.05) is 60.4 Å². The fraction of sp³-hybridized carbons (Fsp3) is 0.231. The van der Waals surface area contributed by atoms with Crippen LogP contribution in [0.4, 0.5) is 5.69 Å². The number of nitrogens with zero attached hydrogens (tertiary/aromatic N) is 5. The number of hydrogen-bond donors (Lipinski definition) is 0. The minimum absolute atomic E-state index is 0.173. The van der Waals surface area contributed by atoms with Gasteiger partial charge in [-0.15, -0.1) is 0 Å². The number of imidazole rings is 1. The first kappa shape index (κ1) is 23.7. The molecule has 0 radical (unpaired) electrons. The number of sulfonamides is 1. The van der Waals surface area contributed by atoms with Gasteiger partial charge in [-0.1, -0.05) is 18.2 Å². The third-order valence-corrected chi connectivity index (χ3v) is 8.10. The number of aromatic nitrogens is 4. The van der Waals surface area contributed by atoms with Crippen LogP contribution < -0.4 is 13.8 Å². The Morgan fingerprint density at radius 1 is 0.972 bits per heavy atom. The second kappa shape index (κ2) is 9.54. The van der Waals surface area contributed by atoms with E-state index in [2.05, 4.69) is 14.5 Å². The smallest absolute Gasteiger partial charge is 0.264 e. The van der Waals surface area contributed by atoms with Gasteiger partial charge in [-0.2, -0.15) is 4.98 Å². The molecule has 0 bridgehead atoms. The number of rotatable bonds is 9. The van der Waals surface area contributed by atoms with Gasteiger partial charge in [0.25, 0.3) is 10.0 Å². The fourth-order valence-corrected chi connectivity index (χ4v) is 6.02. The van der Waals surface area contributed by atoms with Crippen molar-refractivity contribution in [2.75, 3.05) is 25.1 Å². The zero-order chi connectivity index (χ0) is 25.3. The van der Waals surface area contributed by atoms with Crippen molar-refractivity contribution in [3.05, 3.63) is 73.3 Å². The zero-order valence-electron chi connectivity index (χ0n) is 20.3. The van der Waals surface area contributed by atoms with Crippen LogP contribution in [0.25, 0.3) is 21.8 Å². The van der Waals surface area contributed by atoms with Crippen LogP contribution in [0.3, 0.4) is 0 Å². The van der Waals surface area contributed by atoms with E-state index in [9.17, 15) is 8.42 Å². The van der Waals surface area contributed by atoms with Gasteiger partial charge in [0.2, 0.25) is 11.8 Å². The van der Waals surface area contributed by atoms with E-state index in [-0.39, 0.29) is 17.3 Å². The summed E-state index contributed by atoms with van der Waals surface area (Å²) >= 11 is 0. The van der Waals surface area contributed by atoms with Crippen LogP contribution >= 0.6 is 0 Å². The summed E-state index contributed by atoms with van der Waals surface area (Å²) in [6, 6.07) is 16.5. The number of ether oxygens (including phenoxy) is 2. The van der Waals surface area contributed by atoms with Crippen molar-refractivity contribution in [3.8, 4) is 11.8 Å². The van der Waals surface area contributed by atoms with Gasteiger partial charge in [-0.3, -0.25) is 4.31 Å². The number of hydrogen-bond acceptors (Lipinski definition) is 6. The highest BCUT2D eigenvalue weighted by Crippen LogP contribution is 2.35. The van der Waals surface area contributed by atoms with Crippen molar-refractivity contribution in [1.29, 1.82) is 0 Å². The second-order valence-electron chi connectivity index (χ2n) is 8.37. The fourth-order valence-electron chi connectivity index (χ4n) is 4.49. The monoisotopic (exact) mass is 505 g/mol. The standard InChI is InChI=1S/C26H27N5O4S/c1-29-22-8-5-4-7-20(22)21-17-19(9-10-23(21)29)36(32,33)31(15-6-14-30-16-13-27-18-30)24-11-12-25(34-2)28-26(24)35-3/h4-5,7-13,16-18H,6,14-15H2,1-3H3. The molecule has 0 aliphatic carbocycles. The Hall–Kier alpha value is -4.05. The van der Waals surface area contributed by atoms with E-state index in [4.69, 9.17) is 9.47 Å². The van der Waals surface area contributed by atoms with Gasteiger partial charge in [0.15, 0.2) is 0 Å². The van der Waals surface area contributed by atoms with E-state index in [1.807, 2.05) is 48.1 Å². The van der Waals surface area contributed by atoms with Crippen molar-refractivity contribution < 1.29 is 17.9 Å². The molecule has 10 heteroatoms. The normalized spacial score (nSPS) is 11.8. The van der Waals surface area contributed by atoms with Crippen LogP contribution in [-0.2, 0) is 23.6 Å². The van der Waals surface area contributed by atoms with Gasteiger partial charge in [-0.05, 0) is 36.8 Å². The molecule has 3 aromatic heterocycles. The second-order valence-corrected chi connectivity index (χ2v) is 10.2. The molecule has 36 heavy (non-hydrogen) atoms. The first-order valence-corrected chi connectivity index (χ1v) is 12.9. The summed E-state index contributed by atoms with van der Waals surface area (Å²) in [6.45, 7) is 0.832. The summed E-state index contributed by atoms with van der Waals surface area (Å²) in [4.78, 5) is 8.58. The number of pyridine rings is 1. The maximum Gasteiger partial charge on any atom is 0.264 e. The van der Waals surface area contributed by atoms with Gasteiger partial charge < -0.3 is 18.6 Å². The topological polar surface area (TPSA) is 91.5 Å². The molecule has 0 aliphatic heterocycles. The van der Waals surface area contributed by atoms with Crippen molar-refractivity contribution >= 4 is 37.5 Å². The average Bonchev–Trinajstić information content (AvgIpc) is 3.53. The Balaban J connectivity index is 1.60. The van der Waals surface area contributed by atoms with Gasteiger partial charge >= 0.3 is 0 Å². The number of anilines is 1. The minimum atomic E-state index is -3.96. The van der Waals surface area contributed by atoms with Gasteiger partial charge in [0.05, 0.1) is 25.4 Å². The molecule has 9 nitrogen and oxygen atoms in total. The highest BCUT2D eigenvalue weighted by Gasteiger charge is 2.29. The van der Waals surface area contributed by atoms with Crippen LogP contribution in [0.2, 0.25) is 0 Å². The molecular weight excluding hydrogens is 478 g/mol. The van der Waals surface area contributed by atoms with Gasteiger partial charge in [0.1, 0.15) is 5.69 Å². The summed E-state index contributed by atoms with van der Waals surface area (Å²) in [5.74, 6) is 0.510. The highest BCUT2D eigenvalue weighted by atomic mass is 32.2. The lowest BCUT2D eigenvalue weighted by Crippen LogP contribution is -2.33. The lowest BCUT2D eigenvalue weighted by atomic mass is 10.1. The van der Waals surface area contributed by atoms with Crippen molar-refractivity contribution in [1.82, 2.24) is 19.1 Å².